The summed E-state index contributed by atoms with van der Waals surface area (Å²) in [5.41, 5.74) is 0.745. The third-order valence-electron chi connectivity index (χ3n) is 4.78. The lowest BCUT2D eigenvalue weighted by Gasteiger charge is -2.27. The van der Waals surface area contributed by atoms with Gasteiger partial charge >= 0.3 is 12.2 Å². The molecular formula is C25H33BrN6O4. The predicted molar refractivity (Wildman–Crippen MR) is 143 cm³/mol. The molecule has 0 fully saturated rings. The average molecular weight is 561 g/mol. The number of hydrogen-bond donors (Lipinski definition) is 1. The number of alkyl carbamates (subject to hydrolysis) is 1. The SMILES string of the molecule is CN(CCNC(=O)OC(C)(C)C)c1ccc(N(C(=O)OC(C)(C)C)c2nc(Br)cn3ccnc23)cc1. The smallest absolute Gasteiger partial charge is 0.420 e. The summed E-state index contributed by atoms with van der Waals surface area (Å²) in [5.74, 6) is 0.339. The summed E-state index contributed by atoms with van der Waals surface area (Å²) in [7, 11) is 1.92. The topological polar surface area (TPSA) is 101 Å². The Bertz CT molecular complexity index is 1210. The largest absolute Gasteiger partial charge is 0.444 e. The van der Waals surface area contributed by atoms with Crippen LogP contribution in [0.5, 0.6) is 0 Å². The quantitative estimate of drug-likeness (QED) is 0.423. The van der Waals surface area contributed by atoms with Crippen molar-refractivity contribution in [2.75, 3.05) is 29.9 Å². The number of ether oxygens (including phenoxy) is 2. The van der Waals surface area contributed by atoms with Crippen LogP contribution in [0.25, 0.3) is 5.65 Å². The van der Waals surface area contributed by atoms with E-state index in [1.54, 1.807) is 23.0 Å². The van der Waals surface area contributed by atoms with Crippen molar-refractivity contribution in [3.8, 4) is 0 Å². The molecule has 0 aliphatic carbocycles. The highest BCUT2D eigenvalue weighted by molar-refractivity contribution is 9.10. The number of aromatic nitrogens is 3. The summed E-state index contributed by atoms with van der Waals surface area (Å²) in [6, 6.07) is 7.42. The molecule has 0 bridgehead atoms. The van der Waals surface area contributed by atoms with Crippen molar-refractivity contribution in [1.29, 1.82) is 0 Å². The van der Waals surface area contributed by atoms with Crippen LogP contribution in [0.15, 0.2) is 47.5 Å². The maximum absolute atomic E-state index is 13.3. The van der Waals surface area contributed by atoms with Gasteiger partial charge in [0.15, 0.2) is 11.5 Å². The van der Waals surface area contributed by atoms with Gasteiger partial charge in [0.2, 0.25) is 0 Å². The average Bonchev–Trinajstić information content (AvgIpc) is 3.20. The Hall–Kier alpha value is -3.34. The minimum atomic E-state index is -0.700. The molecule has 2 aromatic heterocycles. The highest BCUT2D eigenvalue weighted by Crippen LogP contribution is 2.31. The number of fused-ring (bicyclic) bond motifs is 1. The molecule has 1 N–H and O–H groups in total. The van der Waals surface area contributed by atoms with Gasteiger partial charge in [-0.25, -0.2) is 24.5 Å². The lowest BCUT2D eigenvalue weighted by atomic mass is 10.2. The molecule has 0 atom stereocenters. The summed E-state index contributed by atoms with van der Waals surface area (Å²) in [4.78, 5) is 37.5. The molecule has 0 aliphatic rings. The molecule has 0 unspecified atom stereocenters. The van der Waals surface area contributed by atoms with E-state index in [9.17, 15) is 9.59 Å². The molecule has 3 aromatic rings. The number of halogens is 1. The molecule has 1 aromatic carbocycles. The van der Waals surface area contributed by atoms with Crippen LogP contribution in [0, 0.1) is 0 Å². The molecule has 0 spiro atoms. The fourth-order valence-corrected chi connectivity index (χ4v) is 3.67. The minimum absolute atomic E-state index is 0.339. The van der Waals surface area contributed by atoms with Gasteiger partial charge < -0.3 is 24.1 Å². The number of carbonyl (C=O) groups excluding carboxylic acids is 2. The Kier molecular flexibility index (Phi) is 8.12. The van der Waals surface area contributed by atoms with Crippen molar-refractivity contribution in [2.45, 2.75) is 52.7 Å². The van der Waals surface area contributed by atoms with Crippen LogP contribution in [0.3, 0.4) is 0 Å². The van der Waals surface area contributed by atoms with E-state index in [0.29, 0.717) is 34.8 Å². The van der Waals surface area contributed by atoms with E-state index >= 15 is 0 Å². The first-order chi connectivity index (χ1) is 16.7. The molecule has 2 amide bonds. The molecule has 10 nitrogen and oxygen atoms in total. The molecule has 0 radical (unpaired) electrons. The lowest BCUT2D eigenvalue weighted by molar-refractivity contribution is 0.0527. The summed E-state index contributed by atoms with van der Waals surface area (Å²) in [6.07, 6.45) is 4.17. The van der Waals surface area contributed by atoms with Crippen LogP contribution in [0.4, 0.5) is 26.8 Å². The summed E-state index contributed by atoms with van der Waals surface area (Å²) < 4.78 is 13.3. The van der Waals surface area contributed by atoms with E-state index in [2.05, 4.69) is 31.2 Å². The van der Waals surface area contributed by atoms with E-state index in [4.69, 9.17) is 9.47 Å². The van der Waals surface area contributed by atoms with Crippen molar-refractivity contribution < 1.29 is 19.1 Å². The second kappa shape index (κ2) is 10.7. The molecule has 0 saturated heterocycles. The normalized spacial score (nSPS) is 11.8. The Morgan fingerprint density at radius 3 is 2.25 bits per heavy atom. The van der Waals surface area contributed by atoms with Crippen molar-refractivity contribution in [2.24, 2.45) is 0 Å². The van der Waals surface area contributed by atoms with E-state index in [-0.39, 0.29) is 0 Å². The predicted octanol–water partition coefficient (Wildman–Crippen LogP) is 5.53. The second-order valence-corrected chi connectivity index (χ2v) is 11.0. The Morgan fingerprint density at radius 1 is 1.03 bits per heavy atom. The van der Waals surface area contributed by atoms with Gasteiger partial charge in [0.25, 0.3) is 0 Å². The van der Waals surface area contributed by atoms with Gasteiger partial charge in [-0.1, -0.05) is 0 Å². The highest BCUT2D eigenvalue weighted by Gasteiger charge is 2.28. The third-order valence-corrected chi connectivity index (χ3v) is 5.16. The number of likely N-dealkylation sites (N-methyl/N-ethyl adjacent to an activating group) is 1. The summed E-state index contributed by atoms with van der Waals surface area (Å²) in [5, 5.41) is 2.75. The fourth-order valence-electron chi connectivity index (χ4n) is 3.28. The van der Waals surface area contributed by atoms with Gasteiger partial charge in [0.1, 0.15) is 15.8 Å². The number of nitrogens with one attached hydrogen (secondary N) is 1. The Morgan fingerprint density at radius 2 is 1.64 bits per heavy atom. The molecule has 0 aliphatic heterocycles. The maximum atomic E-state index is 13.3. The molecule has 11 heteroatoms. The zero-order valence-electron chi connectivity index (χ0n) is 21.7. The third kappa shape index (κ3) is 7.33. The van der Waals surface area contributed by atoms with Crippen LogP contribution in [-0.4, -0.2) is 57.9 Å². The highest BCUT2D eigenvalue weighted by atomic mass is 79.9. The van der Waals surface area contributed by atoms with Crippen LogP contribution in [0.1, 0.15) is 41.5 Å². The number of hydrogen-bond acceptors (Lipinski definition) is 7. The van der Waals surface area contributed by atoms with Gasteiger partial charge in [-0.2, -0.15) is 0 Å². The van der Waals surface area contributed by atoms with E-state index in [1.807, 2.05) is 77.8 Å². The first-order valence-electron chi connectivity index (χ1n) is 11.5. The number of benzene rings is 1. The fraction of sp³-hybridized carbons (Fsp3) is 0.440. The molecule has 194 valence electrons. The number of rotatable bonds is 6. The van der Waals surface area contributed by atoms with Crippen LogP contribution < -0.4 is 15.1 Å². The zero-order chi connectivity index (χ0) is 26.7. The zero-order valence-corrected chi connectivity index (χ0v) is 23.3. The molecule has 0 saturated carbocycles. The van der Waals surface area contributed by atoms with Gasteiger partial charge in [-0.3, -0.25) is 0 Å². The molecular weight excluding hydrogens is 528 g/mol. The summed E-state index contributed by atoms with van der Waals surface area (Å²) >= 11 is 3.42. The maximum Gasteiger partial charge on any atom is 0.420 e. The number of amides is 2. The second-order valence-electron chi connectivity index (χ2n) is 10.2. The van der Waals surface area contributed by atoms with Crippen molar-refractivity contribution >= 4 is 51.0 Å². The monoisotopic (exact) mass is 560 g/mol. The Balaban J connectivity index is 1.82. The number of imidazole rings is 1. The van der Waals surface area contributed by atoms with E-state index < -0.39 is 23.4 Å². The van der Waals surface area contributed by atoms with Crippen LogP contribution in [-0.2, 0) is 9.47 Å². The molecule has 36 heavy (non-hydrogen) atoms. The van der Waals surface area contributed by atoms with Crippen molar-refractivity contribution in [1.82, 2.24) is 19.7 Å². The van der Waals surface area contributed by atoms with Crippen LogP contribution in [0.2, 0.25) is 0 Å². The first-order valence-corrected chi connectivity index (χ1v) is 12.3. The van der Waals surface area contributed by atoms with Crippen LogP contribution >= 0.6 is 15.9 Å². The van der Waals surface area contributed by atoms with E-state index in [0.717, 1.165) is 5.69 Å². The molecule has 2 heterocycles. The minimum Gasteiger partial charge on any atom is -0.444 e. The number of carbonyl (C=O) groups is 2. The van der Waals surface area contributed by atoms with Crippen molar-refractivity contribution in [3.63, 3.8) is 0 Å². The van der Waals surface area contributed by atoms with Gasteiger partial charge in [0, 0.05) is 44.4 Å². The van der Waals surface area contributed by atoms with Gasteiger partial charge in [0.05, 0.1) is 5.69 Å². The van der Waals surface area contributed by atoms with Gasteiger partial charge in [-0.15, -0.1) is 0 Å². The number of nitrogens with zero attached hydrogens (tertiary/aromatic N) is 5. The first kappa shape index (κ1) is 27.3. The molecule has 3 rings (SSSR count). The lowest BCUT2D eigenvalue weighted by Crippen LogP contribution is -2.37. The van der Waals surface area contributed by atoms with E-state index in [1.165, 1.54) is 4.90 Å². The summed E-state index contributed by atoms with van der Waals surface area (Å²) in [6.45, 7) is 11.9. The Labute approximate surface area is 219 Å². The van der Waals surface area contributed by atoms with Gasteiger partial charge in [-0.05, 0) is 81.7 Å². The van der Waals surface area contributed by atoms with Crippen molar-refractivity contribution in [3.05, 3.63) is 47.5 Å². The number of anilines is 3. The standard InChI is InChI=1S/C25H33BrN6O4/c1-24(2,3)35-22(33)28-12-14-30(7)17-8-10-18(11-9-17)32(23(34)36-25(4,5)6)21-20-27-13-15-31(20)16-19(26)29-21/h8-11,13,15-16H,12,14H2,1-7H3,(H,28,33).